The molecule has 6 rings (SSSR count). The Morgan fingerprint density at radius 1 is 0.946 bits per heavy atom. The van der Waals surface area contributed by atoms with Gasteiger partial charge in [0.25, 0.3) is 5.91 Å². The van der Waals surface area contributed by atoms with Crippen molar-refractivity contribution in [3.63, 3.8) is 0 Å². The number of hydrogen-bond donors (Lipinski definition) is 3. The highest BCUT2D eigenvalue weighted by molar-refractivity contribution is 6.05. The number of nitrogens with one attached hydrogen (secondary N) is 3. The number of aromatic amines is 1. The smallest absolute Gasteiger partial charge is 0.257 e. The molecule has 37 heavy (non-hydrogen) atoms. The van der Waals surface area contributed by atoms with Crippen LogP contribution in [0, 0.1) is 6.92 Å². The van der Waals surface area contributed by atoms with Crippen LogP contribution in [0.1, 0.15) is 27.2 Å². The SMILES string of the molecule is Cc1ccncc1C(=O)Nc1cccc(-c2nc3c(c(Nc4ccc(-c5cn[nH]c5)cc4)n2)COC3)c1. The minimum Gasteiger partial charge on any atom is -0.370 e. The zero-order valence-corrected chi connectivity index (χ0v) is 20.0. The van der Waals surface area contributed by atoms with Gasteiger partial charge in [0.2, 0.25) is 0 Å². The summed E-state index contributed by atoms with van der Waals surface area (Å²) in [7, 11) is 0. The molecule has 0 radical (unpaired) electrons. The summed E-state index contributed by atoms with van der Waals surface area (Å²) in [5.74, 6) is 1.04. The van der Waals surface area contributed by atoms with Gasteiger partial charge in [0, 0.05) is 46.7 Å². The normalized spacial score (nSPS) is 12.2. The number of pyridine rings is 1. The highest BCUT2D eigenvalue weighted by atomic mass is 16.5. The Morgan fingerprint density at radius 3 is 2.65 bits per heavy atom. The van der Waals surface area contributed by atoms with Crippen molar-refractivity contribution in [2.24, 2.45) is 0 Å². The highest BCUT2D eigenvalue weighted by Crippen LogP contribution is 2.31. The molecular formula is C28H23N7O2. The number of aryl methyl sites for hydroxylation is 1. The minimum atomic E-state index is -0.216. The van der Waals surface area contributed by atoms with Crippen molar-refractivity contribution in [3.05, 3.63) is 102 Å². The second-order valence-corrected chi connectivity index (χ2v) is 8.73. The Balaban J connectivity index is 1.28. The monoisotopic (exact) mass is 489 g/mol. The van der Waals surface area contributed by atoms with Crippen LogP contribution in [0.3, 0.4) is 0 Å². The number of carbonyl (C=O) groups is 1. The molecule has 3 aromatic heterocycles. The molecule has 1 amide bonds. The van der Waals surface area contributed by atoms with Gasteiger partial charge in [0.05, 0.1) is 30.7 Å². The average Bonchev–Trinajstić information content (AvgIpc) is 3.62. The van der Waals surface area contributed by atoms with Crippen molar-refractivity contribution in [1.82, 2.24) is 25.1 Å². The van der Waals surface area contributed by atoms with E-state index in [1.807, 2.05) is 67.7 Å². The summed E-state index contributed by atoms with van der Waals surface area (Å²) in [5, 5.41) is 13.2. The fourth-order valence-electron chi connectivity index (χ4n) is 4.21. The third kappa shape index (κ3) is 4.67. The Hall–Kier alpha value is -4.89. The van der Waals surface area contributed by atoms with Crippen molar-refractivity contribution in [1.29, 1.82) is 0 Å². The fraction of sp³-hybridized carbons (Fsp3) is 0.107. The lowest BCUT2D eigenvalue weighted by Gasteiger charge is -2.13. The van der Waals surface area contributed by atoms with Crippen molar-refractivity contribution in [3.8, 4) is 22.5 Å². The number of hydrogen-bond acceptors (Lipinski definition) is 7. The number of benzene rings is 2. The van der Waals surface area contributed by atoms with E-state index in [4.69, 9.17) is 14.7 Å². The van der Waals surface area contributed by atoms with Gasteiger partial charge in [0.15, 0.2) is 5.82 Å². The quantitative estimate of drug-likeness (QED) is 0.298. The zero-order chi connectivity index (χ0) is 25.2. The van der Waals surface area contributed by atoms with Crippen LogP contribution in [0.15, 0.2) is 79.4 Å². The molecule has 9 heteroatoms. The van der Waals surface area contributed by atoms with Crippen LogP contribution in [0.2, 0.25) is 0 Å². The molecule has 0 aliphatic carbocycles. The van der Waals surface area contributed by atoms with E-state index in [0.29, 0.717) is 36.1 Å². The molecule has 4 heterocycles. The van der Waals surface area contributed by atoms with E-state index in [9.17, 15) is 4.79 Å². The summed E-state index contributed by atoms with van der Waals surface area (Å²) >= 11 is 0. The summed E-state index contributed by atoms with van der Waals surface area (Å²) < 4.78 is 5.67. The first kappa shape index (κ1) is 22.6. The number of carbonyl (C=O) groups excluding carboxylic acids is 1. The molecule has 9 nitrogen and oxygen atoms in total. The molecule has 3 N–H and O–H groups in total. The maximum Gasteiger partial charge on any atom is 0.257 e. The minimum absolute atomic E-state index is 0.216. The third-order valence-corrected chi connectivity index (χ3v) is 6.22. The van der Waals surface area contributed by atoms with Gasteiger partial charge in [-0.05, 0) is 48.4 Å². The molecular weight excluding hydrogens is 466 g/mol. The Morgan fingerprint density at radius 2 is 1.84 bits per heavy atom. The summed E-state index contributed by atoms with van der Waals surface area (Å²) in [4.78, 5) is 26.4. The van der Waals surface area contributed by atoms with Crippen LogP contribution in [0.5, 0.6) is 0 Å². The number of H-pyrrole nitrogens is 1. The fourth-order valence-corrected chi connectivity index (χ4v) is 4.21. The van der Waals surface area contributed by atoms with Gasteiger partial charge in [-0.15, -0.1) is 0 Å². The standard InChI is InChI=1S/C28H23N7O2/c1-17-9-10-29-14-23(17)28(36)33-22-4-2-3-19(11-22)26-34-25-16-37-15-24(25)27(35-26)32-21-7-5-18(6-8-21)20-12-30-31-13-20/h2-14H,15-16H2,1H3,(H,30,31)(H,33,36)(H,32,34,35). The summed E-state index contributed by atoms with van der Waals surface area (Å²) in [6.45, 7) is 2.76. The maximum atomic E-state index is 12.8. The van der Waals surface area contributed by atoms with Crippen molar-refractivity contribution in [2.45, 2.75) is 20.1 Å². The second-order valence-electron chi connectivity index (χ2n) is 8.73. The molecule has 1 aliphatic heterocycles. The molecule has 182 valence electrons. The molecule has 2 aromatic carbocycles. The van der Waals surface area contributed by atoms with Crippen molar-refractivity contribution < 1.29 is 9.53 Å². The van der Waals surface area contributed by atoms with Crippen LogP contribution in [-0.2, 0) is 18.0 Å². The van der Waals surface area contributed by atoms with Crippen molar-refractivity contribution >= 4 is 23.1 Å². The lowest BCUT2D eigenvalue weighted by Crippen LogP contribution is -2.13. The largest absolute Gasteiger partial charge is 0.370 e. The lowest BCUT2D eigenvalue weighted by atomic mass is 10.1. The Kier molecular flexibility index (Phi) is 5.88. The van der Waals surface area contributed by atoms with Gasteiger partial charge in [-0.2, -0.15) is 5.10 Å². The number of anilines is 3. The summed E-state index contributed by atoms with van der Waals surface area (Å²) in [6.07, 6.45) is 6.88. The second kappa shape index (κ2) is 9.63. The number of aromatic nitrogens is 5. The van der Waals surface area contributed by atoms with Crippen LogP contribution in [0.25, 0.3) is 22.5 Å². The van der Waals surface area contributed by atoms with Gasteiger partial charge in [-0.3, -0.25) is 14.9 Å². The van der Waals surface area contributed by atoms with Crippen LogP contribution in [0.4, 0.5) is 17.2 Å². The molecule has 0 fully saturated rings. The van der Waals surface area contributed by atoms with Gasteiger partial charge in [-0.1, -0.05) is 24.3 Å². The molecule has 0 bridgehead atoms. The predicted molar refractivity (Wildman–Crippen MR) is 140 cm³/mol. The molecule has 5 aromatic rings. The number of rotatable bonds is 6. The lowest BCUT2D eigenvalue weighted by molar-refractivity contribution is 0.102. The molecule has 0 unspecified atom stereocenters. The topological polar surface area (TPSA) is 118 Å². The first-order valence-electron chi connectivity index (χ1n) is 11.8. The van der Waals surface area contributed by atoms with E-state index in [2.05, 4.69) is 25.8 Å². The molecule has 0 saturated heterocycles. The number of fused-ring (bicyclic) bond motifs is 1. The number of amides is 1. The van der Waals surface area contributed by atoms with Crippen LogP contribution >= 0.6 is 0 Å². The first-order chi connectivity index (χ1) is 18.1. The predicted octanol–water partition coefficient (Wildman–Crippen LogP) is 5.26. The van der Waals surface area contributed by atoms with Crippen LogP contribution < -0.4 is 10.6 Å². The Labute approximate surface area is 213 Å². The zero-order valence-electron chi connectivity index (χ0n) is 20.0. The van der Waals surface area contributed by atoms with E-state index < -0.39 is 0 Å². The maximum absolute atomic E-state index is 12.8. The molecule has 0 spiro atoms. The van der Waals surface area contributed by atoms with Gasteiger partial charge >= 0.3 is 0 Å². The van der Waals surface area contributed by atoms with Gasteiger partial charge in [-0.25, -0.2) is 9.97 Å². The summed E-state index contributed by atoms with van der Waals surface area (Å²) in [5.41, 5.74) is 7.61. The highest BCUT2D eigenvalue weighted by Gasteiger charge is 2.21. The van der Waals surface area contributed by atoms with Gasteiger partial charge < -0.3 is 15.4 Å². The Bertz CT molecular complexity index is 1580. The van der Waals surface area contributed by atoms with E-state index >= 15 is 0 Å². The third-order valence-electron chi connectivity index (χ3n) is 6.22. The van der Waals surface area contributed by atoms with Crippen molar-refractivity contribution in [2.75, 3.05) is 10.6 Å². The summed E-state index contributed by atoms with van der Waals surface area (Å²) in [6, 6.07) is 17.4. The van der Waals surface area contributed by atoms with E-state index in [1.165, 1.54) is 0 Å². The molecule has 1 aliphatic rings. The van der Waals surface area contributed by atoms with E-state index in [-0.39, 0.29) is 5.91 Å². The number of ether oxygens (including phenoxy) is 1. The number of nitrogens with zero attached hydrogens (tertiary/aromatic N) is 4. The van der Waals surface area contributed by atoms with E-state index in [0.717, 1.165) is 39.2 Å². The van der Waals surface area contributed by atoms with Gasteiger partial charge in [0.1, 0.15) is 5.82 Å². The molecule has 0 atom stereocenters. The molecule has 0 saturated carbocycles. The van der Waals surface area contributed by atoms with Crippen LogP contribution in [-0.4, -0.2) is 31.1 Å². The first-order valence-corrected chi connectivity index (χ1v) is 11.8. The average molecular weight is 490 g/mol. The van der Waals surface area contributed by atoms with E-state index in [1.54, 1.807) is 18.6 Å².